The summed E-state index contributed by atoms with van der Waals surface area (Å²) in [6.07, 6.45) is 0. The molecular formula is C15H24N4O. The number of amides is 1. The van der Waals surface area contributed by atoms with Gasteiger partial charge >= 0.3 is 0 Å². The van der Waals surface area contributed by atoms with E-state index in [4.69, 9.17) is 0 Å². The van der Waals surface area contributed by atoms with E-state index < -0.39 is 0 Å². The Morgan fingerprint density at radius 2 is 1.95 bits per heavy atom. The van der Waals surface area contributed by atoms with Crippen LogP contribution in [0.3, 0.4) is 0 Å². The van der Waals surface area contributed by atoms with Gasteiger partial charge in [0.1, 0.15) is 0 Å². The molecule has 0 bridgehead atoms. The van der Waals surface area contributed by atoms with Crippen LogP contribution in [0, 0.1) is 6.92 Å². The highest BCUT2D eigenvalue weighted by Gasteiger charge is 2.18. The maximum Gasteiger partial charge on any atom is 0.267 e. The molecule has 1 saturated heterocycles. The first-order valence-corrected chi connectivity index (χ1v) is 7.19. The number of aryl methyl sites for hydroxylation is 1. The molecule has 2 rings (SSSR count). The quantitative estimate of drug-likeness (QED) is 0.871. The largest absolute Gasteiger partial charge is 0.385 e. The van der Waals surface area contributed by atoms with Gasteiger partial charge < -0.3 is 10.2 Å². The smallest absolute Gasteiger partial charge is 0.267 e. The minimum atomic E-state index is -0.0331. The van der Waals surface area contributed by atoms with Gasteiger partial charge in [-0.25, -0.2) is 5.01 Å². The van der Waals surface area contributed by atoms with Crippen molar-refractivity contribution in [3.8, 4) is 0 Å². The Hall–Kier alpha value is -1.59. The van der Waals surface area contributed by atoms with Crippen molar-refractivity contribution >= 4 is 11.6 Å². The topological polar surface area (TPSA) is 47.6 Å². The van der Waals surface area contributed by atoms with Crippen LogP contribution in [0.15, 0.2) is 18.2 Å². The van der Waals surface area contributed by atoms with Gasteiger partial charge in [-0.2, -0.15) is 0 Å². The second-order valence-electron chi connectivity index (χ2n) is 5.31. The van der Waals surface area contributed by atoms with Crippen molar-refractivity contribution in [1.82, 2.24) is 15.3 Å². The summed E-state index contributed by atoms with van der Waals surface area (Å²) in [4.78, 5) is 14.7. The Kier molecular flexibility index (Phi) is 4.98. The molecule has 0 atom stereocenters. The monoisotopic (exact) mass is 276 g/mol. The molecule has 1 aromatic carbocycles. The van der Waals surface area contributed by atoms with Gasteiger partial charge in [0.2, 0.25) is 0 Å². The number of rotatable bonds is 4. The van der Waals surface area contributed by atoms with E-state index in [0.29, 0.717) is 5.56 Å². The van der Waals surface area contributed by atoms with E-state index in [2.05, 4.69) is 22.7 Å². The zero-order valence-corrected chi connectivity index (χ0v) is 12.6. The van der Waals surface area contributed by atoms with Gasteiger partial charge in [0.15, 0.2) is 0 Å². The molecule has 2 N–H and O–H groups in total. The number of anilines is 1. The van der Waals surface area contributed by atoms with Gasteiger partial charge in [-0.05, 0) is 33.0 Å². The summed E-state index contributed by atoms with van der Waals surface area (Å²) < 4.78 is 0. The summed E-state index contributed by atoms with van der Waals surface area (Å²) in [5.74, 6) is -0.0331. The third kappa shape index (κ3) is 3.71. The lowest BCUT2D eigenvalue weighted by Gasteiger charge is -2.32. The average molecular weight is 276 g/mol. The van der Waals surface area contributed by atoms with Crippen LogP contribution in [-0.2, 0) is 0 Å². The summed E-state index contributed by atoms with van der Waals surface area (Å²) >= 11 is 0. The summed E-state index contributed by atoms with van der Waals surface area (Å²) in [5, 5.41) is 5.24. The van der Waals surface area contributed by atoms with Crippen molar-refractivity contribution < 1.29 is 4.79 Å². The molecule has 110 valence electrons. The highest BCUT2D eigenvalue weighted by Crippen LogP contribution is 2.17. The number of carbonyl (C=O) groups is 1. The minimum absolute atomic E-state index is 0.0331. The first-order chi connectivity index (χ1) is 9.60. The van der Waals surface area contributed by atoms with Gasteiger partial charge in [0.25, 0.3) is 5.91 Å². The van der Waals surface area contributed by atoms with Gasteiger partial charge in [0, 0.05) is 38.4 Å². The predicted molar refractivity (Wildman–Crippen MR) is 81.9 cm³/mol. The number of hydrazine groups is 1. The maximum absolute atomic E-state index is 12.4. The molecule has 0 saturated carbocycles. The SMILES string of the molecule is CCNc1ccc(C)cc1C(=O)NN1CCN(C)CC1. The first kappa shape index (κ1) is 14.8. The molecule has 1 fully saturated rings. The number of likely N-dealkylation sites (N-methyl/N-ethyl adjacent to an activating group) is 1. The lowest BCUT2D eigenvalue weighted by atomic mass is 10.1. The number of piperazine rings is 1. The number of hydrogen-bond donors (Lipinski definition) is 2. The third-order valence-corrected chi connectivity index (χ3v) is 3.55. The van der Waals surface area contributed by atoms with Crippen LogP contribution in [0.1, 0.15) is 22.8 Å². The van der Waals surface area contributed by atoms with Crippen molar-refractivity contribution in [1.29, 1.82) is 0 Å². The number of carbonyl (C=O) groups excluding carboxylic acids is 1. The normalized spacial score (nSPS) is 16.9. The second-order valence-corrected chi connectivity index (χ2v) is 5.31. The van der Waals surface area contributed by atoms with Crippen LogP contribution >= 0.6 is 0 Å². The molecule has 0 aliphatic carbocycles. The van der Waals surface area contributed by atoms with Crippen molar-refractivity contribution in [3.05, 3.63) is 29.3 Å². The maximum atomic E-state index is 12.4. The van der Waals surface area contributed by atoms with Crippen LogP contribution in [0.5, 0.6) is 0 Å². The summed E-state index contributed by atoms with van der Waals surface area (Å²) in [6, 6.07) is 5.92. The standard InChI is InChI=1S/C15H24N4O/c1-4-16-14-6-5-12(2)11-13(14)15(20)17-19-9-7-18(3)8-10-19/h5-6,11,16H,4,7-10H2,1-3H3,(H,17,20). The molecule has 5 heteroatoms. The van der Waals surface area contributed by atoms with E-state index in [9.17, 15) is 4.79 Å². The summed E-state index contributed by atoms with van der Waals surface area (Å²) in [6.45, 7) is 8.53. The number of nitrogens with one attached hydrogen (secondary N) is 2. The van der Waals surface area contributed by atoms with Gasteiger partial charge in [0.05, 0.1) is 5.56 Å². The highest BCUT2D eigenvalue weighted by atomic mass is 16.2. The Morgan fingerprint density at radius 1 is 1.25 bits per heavy atom. The van der Waals surface area contributed by atoms with Crippen LogP contribution < -0.4 is 10.7 Å². The second kappa shape index (κ2) is 6.72. The highest BCUT2D eigenvalue weighted by molar-refractivity contribution is 5.99. The van der Waals surface area contributed by atoms with Crippen LogP contribution in [0.2, 0.25) is 0 Å². The summed E-state index contributed by atoms with van der Waals surface area (Å²) in [7, 11) is 2.10. The Balaban J connectivity index is 2.06. The van der Waals surface area contributed by atoms with E-state index in [1.54, 1.807) is 0 Å². The number of hydrogen-bond acceptors (Lipinski definition) is 4. The third-order valence-electron chi connectivity index (χ3n) is 3.55. The zero-order chi connectivity index (χ0) is 14.5. The molecule has 0 unspecified atom stereocenters. The van der Waals surface area contributed by atoms with E-state index >= 15 is 0 Å². The molecule has 1 aliphatic rings. The van der Waals surface area contributed by atoms with Gasteiger partial charge in [-0.3, -0.25) is 10.2 Å². The molecule has 0 aromatic heterocycles. The summed E-state index contributed by atoms with van der Waals surface area (Å²) in [5.41, 5.74) is 5.71. The first-order valence-electron chi connectivity index (χ1n) is 7.19. The van der Waals surface area contributed by atoms with Crippen LogP contribution in [-0.4, -0.2) is 55.6 Å². The fourth-order valence-electron chi connectivity index (χ4n) is 2.31. The molecule has 0 radical (unpaired) electrons. The Labute approximate surface area is 120 Å². The van der Waals surface area contributed by atoms with Crippen molar-refractivity contribution in [2.75, 3.05) is 45.1 Å². The molecule has 20 heavy (non-hydrogen) atoms. The van der Waals surface area contributed by atoms with Gasteiger partial charge in [-0.15, -0.1) is 0 Å². The number of nitrogens with zero attached hydrogens (tertiary/aromatic N) is 2. The molecule has 5 nitrogen and oxygen atoms in total. The van der Waals surface area contributed by atoms with Gasteiger partial charge in [-0.1, -0.05) is 11.6 Å². The Morgan fingerprint density at radius 3 is 2.60 bits per heavy atom. The Bertz CT molecular complexity index is 467. The van der Waals surface area contributed by atoms with E-state index in [-0.39, 0.29) is 5.91 Å². The molecule has 1 aromatic rings. The molecule has 1 aliphatic heterocycles. The fourth-order valence-corrected chi connectivity index (χ4v) is 2.31. The van der Waals surface area contributed by atoms with Crippen LogP contribution in [0.4, 0.5) is 5.69 Å². The van der Waals surface area contributed by atoms with Crippen molar-refractivity contribution in [3.63, 3.8) is 0 Å². The fraction of sp³-hybridized carbons (Fsp3) is 0.533. The molecule has 1 heterocycles. The van der Waals surface area contributed by atoms with Crippen LogP contribution in [0.25, 0.3) is 0 Å². The van der Waals surface area contributed by atoms with E-state index in [1.165, 1.54) is 0 Å². The lowest BCUT2D eigenvalue weighted by molar-refractivity contribution is 0.0663. The van der Waals surface area contributed by atoms with Crippen molar-refractivity contribution in [2.24, 2.45) is 0 Å². The van der Waals surface area contributed by atoms with E-state index in [0.717, 1.165) is 44.0 Å². The zero-order valence-electron chi connectivity index (χ0n) is 12.6. The number of benzene rings is 1. The molecule has 1 amide bonds. The predicted octanol–water partition coefficient (Wildman–Crippen LogP) is 1.32. The minimum Gasteiger partial charge on any atom is -0.385 e. The molecular weight excluding hydrogens is 252 g/mol. The average Bonchev–Trinajstić information content (AvgIpc) is 2.43. The van der Waals surface area contributed by atoms with E-state index in [1.807, 2.05) is 37.1 Å². The molecule has 0 spiro atoms. The van der Waals surface area contributed by atoms with Crippen molar-refractivity contribution in [2.45, 2.75) is 13.8 Å². The lowest BCUT2D eigenvalue weighted by Crippen LogP contribution is -2.52.